The number of hydrogen-bond acceptors (Lipinski definition) is 3. The Hall–Kier alpha value is -1.96. The van der Waals surface area contributed by atoms with E-state index in [1.165, 1.54) is 11.8 Å². The lowest BCUT2D eigenvalue weighted by atomic mass is 10.1. The van der Waals surface area contributed by atoms with Crippen LogP contribution >= 0.6 is 23.4 Å². The maximum atomic E-state index is 12.7. The van der Waals surface area contributed by atoms with Crippen LogP contribution in [0.4, 0.5) is 5.69 Å². The number of nitriles is 1. The van der Waals surface area contributed by atoms with Gasteiger partial charge < -0.3 is 4.90 Å². The molecule has 24 heavy (non-hydrogen) atoms. The minimum atomic E-state index is -0.00444. The van der Waals surface area contributed by atoms with Crippen LogP contribution in [0, 0.1) is 25.2 Å². The second kappa shape index (κ2) is 8.77. The Morgan fingerprint density at radius 2 is 1.79 bits per heavy atom. The van der Waals surface area contributed by atoms with Gasteiger partial charge in [0.2, 0.25) is 5.91 Å². The molecule has 0 saturated carbocycles. The fraction of sp³-hybridized carbons (Fsp3) is 0.263. The Kier molecular flexibility index (Phi) is 6.72. The summed E-state index contributed by atoms with van der Waals surface area (Å²) < 4.78 is 0. The number of hydrogen-bond donors (Lipinski definition) is 0. The summed E-state index contributed by atoms with van der Waals surface area (Å²) in [6.45, 7) is 4.41. The first-order valence-corrected chi connectivity index (χ1v) is 9.00. The van der Waals surface area contributed by atoms with Gasteiger partial charge in [-0.05, 0) is 61.4 Å². The number of anilines is 1. The number of carbonyl (C=O) groups is 1. The summed E-state index contributed by atoms with van der Waals surface area (Å²) in [5.74, 6) is 0.315. The number of aryl methyl sites for hydroxylation is 2. The molecule has 0 atom stereocenters. The topological polar surface area (TPSA) is 44.1 Å². The standard InChI is InChI=1S/C19H19ClN2OS/c1-14-10-15(2)12-17(11-14)22(9-3-8-21)19(23)13-24-18-6-4-16(20)5-7-18/h4-7,10-12H,3,9,13H2,1-2H3. The van der Waals surface area contributed by atoms with Crippen LogP contribution in [0.15, 0.2) is 47.4 Å². The lowest BCUT2D eigenvalue weighted by molar-refractivity contribution is -0.116. The van der Waals surface area contributed by atoms with Crippen LogP contribution in [-0.2, 0) is 4.79 Å². The van der Waals surface area contributed by atoms with E-state index < -0.39 is 0 Å². The number of rotatable bonds is 6. The molecule has 3 nitrogen and oxygen atoms in total. The molecule has 2 aromatic carbocycles. The zero-order valence-corrected chi connectivity index (χ0v) is 15.3. The largest absolute Gasteiger partial charge is 0.311 e. The molecule has 0 N–H and O–H groups in total. The molecular formula is C19H19ClN2OS. The van der Waals surface area contributed by atoms with E-state index in [1.807, 2.05) is 50.2 Å². The molecule has 0 radical (unpaired) electrons. The van der Waals surface area contributed by atoms with E-state index in [2.05, 4.69) is 12.1 Å². The van der Waals surface area contributed by atoms with Crippen molar-refractivity contribution in [3.63, 3.8) is 0 Å². The van der Waals surface area contributed by atoms with E-state index in [-0.39, 0.29) is 5.91 Å². The van der Waals surface area contributed by atoms with E-state index >= 15 is 0 Å². The molecule has 0 saturated heterocycles. The third-order valence-corrected chi connectivity index (χ3v) is 4.69. The van der Waals surface area contributed by atoms with Crippen molar-refractivity contribution >= 4 is 35.0 Å². The third kappa shape index (κ3) is 5.30. The van der Waals surface area contributed by atoms with Crippen LogP contribution in [-0.4, -0.2) is 18.2 Å². The van der Waals surface area contributed by atoms with E-state index in [1.54, 1.807) is 4.90 Å². The molecule has 0 bridgehead atoms. The predicted octanol–water partition coefficient (Wildman–Crippen LogP) is 5.00. The van der Waals surface area contributed by atoms with Crippen molar-refractivity contribution in [3.05, 3.63) is 58.6 Å². The highest BCUT2D eigenvalue weighted by molar-refractivity contribution is 8.00. The molecule has 0 aliphatic carbocycles. The van der Waals surface area contributed by atoms with Crippen LogP contribution in [0.5, 0.6) is 0 Å². The van der Waals surface area contributed by atoms with Crippen molar-refractivity contribution in [3.8, 4) is 6.07 Å². The molecule has 0 heterocycles. The van der Waals surface area contributed by atoms with Gasteiger partial charge in [0.15, 0.2) is 0 Å². The van der Waals surface area contributed by atoms with Gasteiger partial charge in [-0.25, -0.2) is 0 Å². The van der Waals surface area contributed by atoms with Crippen LogP contribution in [0.25, 0.3) is 0 Å². The molecule has 0 fully saturated rings. The molecule has 5 heteroatoms. The highest BCUT2D eigenvalue weighted by Crippen LogP contribution is 2.24. The molecule has 0 aromatic heterocycles. The number of carbonyl (C=O) groups excluding carboxylic acids is 1. The van der Waals surface area contributed by atoms with Crippen molar-refractivity contribution < 1.29 is 4.79 Å². The van der Waals surface area contributed by atoms with Crippen molar-refractivity contribution in [1.29, 1.82) is 5.26 Å². The number of nitrogens with zero attached hydrogens (tertiary/aromatic N) is 2. The van der Waals surface area contributed by atoms with Crippen molar-refractivity contribution in [2.75, 3.05) is 17.2 Å². The van der Waals surface area contributed by atoms with E-state index in [0.29, 0.717) is 23.7 Å². The molecule has 2 aromatic rings. The quantitative estimate of drug-likeness (QED) is 0.683. The van der Waals surface area contributed by atoms with Gasteiger partial charge in [0.1, 0.15) is 0 Å². The number of benzene rings is 2. The van der Waals surface area contributed by atoms with E-state index in [0.717, 1.165) is 21.7 Å². The minimum Gasteiger partial charge on any atom is -0.311 e. The molecule has 0 unspecified atom stereocenters. The molecular weight excluding hydrogens is 340 g/mol. The molecule has 0 aliphatic rings. The molecule has 124 valence electrons. The SMILES string of the molecule is Cc1cc(C)cc(N(CCC#N)C(=O)CSc2ccc(Cl)cc2)c1. The van der Waals surface area contributed by atoms with Gasteiger partial charge >= 0.3 is 0 Å². The second-order valence-corrected chi connectivity index (χ2v) is 7.03. The summed E-state index contributed by atoms with van der Waals surface area (Å²) >= 11 is 7.35. The van der Waals surface area contributed by atoms with Gasteiger partial charge in [-0.3, -0.25) is 4.79 Å². The summed E-state index contributed by atoms with van der Waals surface area (Å²) in [7, 11) is 0. The first-order chi connectivity index (χ1) is 11.5. The summed E-state index contributed by atoms with van der Waals surface area (Å²) in [6.07, 6.45) is 0.310. The molecule has 0 spiro atoms. The number of halogens is 1. The van der Waals surface area contributed by atoms with Crippen molar-refractivity contribution in [1.82, 2.24) is 0 Å². The summed E-state index contributed by atoms with van der Waals surface area (Å²) in [6, 6.07) is 15.6. The second-order valence-electron chi connectivity index (χ2n) is 5.54. The average molecular weight is 359 g/mol. The lowest BCUT2D eigenvalue weighted by Crippen LogP contribution is -2.33. The van der Waals surface area contributed by atoms with Gasteiger partial charge in [0.05, 0.1) is 18.2 Å². The maximum absolute atomic E-state index is 12.7. The van der Waals surface area contributed by atoms with Gasteiger partial charge in [-0.2, -0.15) is 5.26 Å². The Morgan fingerprint density at radius 1 is 1.17 bits per heavy atom. The average Bonchev–Trinajstić information content (AvgIpc) is 2.54. The molecule has 2 rings (SSSR count). The Morgan fingerprint density at radius 3 is 2.38 bits per heavy atom. The van der Waals surface area contributed by atoms with Gasteiger partial charge in [-0.15, -0.1) is 11.8 Å². The summed E-state index contributed by atoms with van der Waals surface area (Å²) in [5, 5.41) is 9.56. The van der Waals surface area contributed by atoms with Crippen LogP contribution in [0.3, 0.4) is 0 Å². The fourth-order valence-electron chi connectivity index (χ4n) is 2.42. The fourth-order valence-corrected chi connectivity index (χ4v) is 3.32. The molecule has 0 aliphatic heterocycles. The minimum absolute atomic E-state index is 0.00444. The number of thioether (sulfide) groups is 1. The third-order valence-electron chi connectivity index (χ3n) is 3.44. The van der Waals surface area contributed by atoms with Gasteiger partial charge in [0, 0.05) is 22.2 Å². The lowest BCUT2D eigenvalue weighted by Gasteiger charge is -2.22. The maximum Gasteiger partial charge on any atom is 0.237 e. The first-order valence-electron chi connectivity index (χ1n) is 7.63. The highest BCUT2D eigenvalue weighted by atomic mass is 35.5. The van der Waals surface area contributed by atoms with E-state index in [9.17, 15) is 4.79 Å². The zero-order chi connectivity index (χ0) is 17.5. The Labute approximate surface area is 152 Å². The van der Waals surface area contributed by atoms with Crippen LogP contribution in [0.2, 0.25) is 5.02 Å². The summed E-state index contributed by atoms with van der Waals surface area (Å²) in [4.78, 5) is 15.4. The molecule has 1 amide bonds. The van der Waals surface area contributed by atoms with Gasteiger partial charge in [-0.1, -0.05) is 17.7 Å². The van der Waals surface area contributed by atoms with Gasteiger partial charge in [0.25, 0.3) is 0 Å². The first kappa shape index (κ1) is 18.4. The zero-order valence-electron chi connectivity index (χ0n) is 13.8. The Balaban J connectivity index is 2.12. The van der Waals surface area contributed by atoms with Crippen molar-refractivity contribution in [2.24, 2.45) is 0 Å². The van der Waals surface area contributed by atoms with E-state index in [4.69, 9.17) is 16.9 Å². The normalized spacial score (nSPS) is 10.2. The predicted molar refractivity (Wildman–Crippen MR) is 101 cm³/mol. The van der Waals surface area contributed by atoms with Crippen LogP contribution < -0.4 is 4.90 Å². The smallest absolute Gasteiger partial charge is 0.237 e. The monoisotopic (exact) mass is 358 g/mol. The number of amides is 1. The Bertz CT molecular complexity index is 733. The van der Waals surface area contributed by atoms with Crippen molar-refractivity contribution in [2.45, 2.75) is 25.2 Å². The van der Waals surface area contributed by atoms with Crippen LogP contribution in [0.1, 0.15) is 17.5 Å². The highest BCUT2D eigenvalue weighted by Gasteiger charge is 2.16. The summed E-state index contributed by atoms with van der Waals surface area (Å²) in [5.41, 5.74) is 3.06.